The molecule has 0 radical (unpaired) electrons. The van der Waals surface area contributed by atoms with Crippen molar-refractivity contribution >= 4 is 5.91 Å². The Labute approximate surface area is 131 Å². The van der Waals surface area contributed by atoms with E-state index in [9.17, 15) is 9.90 Å². The van der Waals surface area contributed by atoms with Gasteiger partial charge in [0.1, 0.15) is 0 Å². The van der Waals surface area contributed by atoms with E-state index >= 15 is 0 Å². The summed E-state index contributed by atoms with van der Waals surface area (Å²) in [5, 5.41) is 10.1. The lowest BCUT2D eigenvalue weighted by atomic mass is 9.89. The van der Waals surface area contributed by atoms with Crippen molar-refractivity contribution in [2.24, 2.45) is 0 Å². The van der Waals surface area contributed by atoms with Crippen molar-refractivity contribution < 1.29 is 9.90 Å². The maximum absolute atomic E-state index is 11.9. The molecule has 0 bridgehead atoms. The lowest BCUT2D eigenvalue weighted by molar-refractivity contribution is -0.156. The van der Waals surface area contributed by atoms with Gasteiger partial charge in [0.25, 0.3) is 0 Å². The monoisotopic (exact) mass is 297 g/mol. The number of likely N-dealkylation sites (tertiary alicyclic amines) is 1. The van der Waals surface area contributed by atoms with Crippen LogP contribution in [-0.2, 0) is 4.79 Å². The first-order valence-electron chi connectivity index (χ1n) is 9.11. The van der Waals surface area contributed by atoms with E-state index < -0.39 is 5.60 Å². The standard InChI is InChI=1S/C18H35NO2/c1-3-5-6-7-8-9-10-11-12-13-17(20)19-15-18(21,16-19)14-4-2/h21H,3-16H2,1-2H3. The summed E-state index contributed by atoms with van der Waals surface area (Å²) in [6.45, 7) is 5.43. The predicted octanol–water partition coefficient (Wildman–Crippen LogP) is 4.28. The molecule has 0 spiro atoms. The van der Waals surface area contributed by atoms with E-state index in [1.807, 2.05) is 4.90 Å². The fourth-order valence-electron chi connectivity index (χ4n) is 3.21. The number of carbonyl (C=O) groups is 1. The molecule has 3 nitrogen and oxygen atoms in total. The molecule has 1 amide bonds. The molecule has 3 heteroatoms. The van der Waals surface area contributed by atoms with Gasteiger partial charge >= 0.3 is 0 Å². The van der Waals surface area contributed by atoms with Gasteiger partial charge in [-0.25, -0.2) is 0 Å². The molecular formula is C18H35NO2. The van der Waals surface area contributed by atoms with E-state index in [2.05, 4.69) is 13.8 Å². The van der Waals surface area contributed by atoms with Crippen LogP contribution in [0, 0.1) is 0 Å². The Kier molecular flexibility index (Phi) is 8.98. The van der Waals surface area contributed by atoms with Crippen LogP contribution >= 0.6 is 0 Å². The van der Waals surface area contributed by atoms with Crippen LogP contribution in [-0.4, -0.2) is 34.6 Å². The number of nitrogens with zero attached hydrogens (tertiary/aromatic N) is 1. The van der Waals surface area contributed by atoms with E-state index in [4.69, 9.17) is 0 Å². The second kappa shape index (κ2) is 10.2. The Hall–Kier alpha value is -0.570. The quantitative estimate of drug-likeness (QED) is 0.546. The highest BCUT2D eigenvalue weighted by molar-refractivity contribution is 5.77. The zero-order chi connectivity index (χ0) is 15.6. The Morgan fingerprint density at radius 3 is 1.95 bits per heavy atom. The molecule has 1 N–H and O–H groups in total. The molecule has 1 rings (SSSR count). The molecular weight excluding hydrogens is 262 g/mol. The van der Waals surface area contributed by atoms with Gasteiger partial charge in [0.15, 0.2) is 0 Å². The molecule has 1 fully saturated rings. The van der Waals surface area contributed by atoms with Gasteiger partial charge in [-0.2, -0.15) is 0 Å². The van der Waals surface area contributed by atoms with Crippen molar-refractivity contribution in [3.8, 4) is 0 Å². The number of carbonyl (C=O) groups excluding carboxylic acids is 1. The van der Waals surface area contributed by atoms with Crippen molar-refractivity contribution in [1.82, 2.24) is 4.90 Å². The molecule has 1 aliphatic rings. The smallest absolute Gasteiger partial charge is 0.222 e. The number of hydrogen-bond donors (Lipinski definition) is 1. The maximum atomic E-state index is 11.9. The molecule has 0 aromatic heterocycles. The molecule has 0 saturated carbocycles. The van der Waals surface area contributed by atoms with Gasteiger partial charge in [0, 0.05) is 6.42 Å². The highest BCUT2D eigenvalue weighted by atomic mass is 16.3. The molecule has 124 valence electrons. The van der Waals surface area contributed by atoms with E-state index in [1.165, 1.54) is 51.4 Å². The van der Waals surface area contributed by atoms with E-state index in [0.717, 1.165) is 19.3 Å². The zero-order valence-electron chi connectivity index (χ0n) is 14.2. The van der Waals surface area contributed by atoms with Gasteiger partial charge in [-0.15, -0.1) is 0 Å². The number of hydrogen-bond acceptors (Lipinski definition) is 2. The normalized spacial score (nSPS) is 16.8. The van der Waals surface area contributed by atoms with Crippen LogP contribution < -0.4 is 0 Å². The first-order valence-corrected chi connectivity index (χ1v) is 9.11. The van der Waals surface area contributed by atoms with Crippen molar-refractivity contribution in [3.63, 3.8) is 0 Å². The van der Waals surface area contributed by atoms with Gasteiger partial charge < -0.3 is 10.0 Å². The summed E-state index contributed by atoms with van der Waals surface area (Å²) in [7, 11) is 0. The molecule has 0 aromatic carbocycles. The minimum atomic E-state index is -0.580. The number of amides is 1. The molecule has 0 aromatic rings. The van der Waals surface area contributed by atoms with Gasteiger partial charge in [-0.3, -0.25) is 4.79 Å². The first-order chi connectivity index (χ1) is 10.1. The minimum absolute atomic E-state index is 0.235. The Bertz CT molecular complexity index is 285. The minimum Gasteiger partial charge on any atom is -0.386 e. The number of rotatable bonds is 12. The molecule has 0 aliphatic carbocycles. The van der Waals surface area contributed by atoms with Gasteiger partial charge in [-0.05, 0) is 12.8 Å². The highest BCUT2D eigenvalue weighted by Gasteiger charge is 2.42. The van der Waals surface area contributed by atoms with Gasteiger partial charge in [-0.1, -0.05) is 71.6 Å². The fraction of sp³-hybridized carbons (Fsp3) is 0.944. The van der Waals surface area contributed by atoms with Gasteiger partial charge in [0.05, 0.1) is 18.7 Å². The molecule has 21 heavy (non-hydrogen) atoms. The topological polar surface area (TPSA) is 40.5 Å². The van der Waals surface area contributed by atoms with Crippen LogP contribution in [0.25, 0.3) is 0 Å². The molecule has 1 saturated heterocycles. The molecule has 0 unspecified atom stereocenters. The van der Waals surface area contributed by atoms with Crippen LogP contribution in [0.1, 0.15) is 90.9 Å². The van der Waals surface area contributed by atoms with Crippen molar-refractivity contribution in [2.75, 3.05) is 13.1 Å². The zero-order valence-corrected chi connectivity index (χ0v) is 14.2. The molecule has 1 aliphatic heterocycles. The highest BCUT2D eigenvalue weighted by Crippen LogP contribution is 2.26. The second-order valence-electron chi connectivity index (χ2n) is 6.80. The lowest BCUT2D eigenvalue weighted by Crippen LogP contribution is -2.63. The average Bonchev–Trinajstić information content (AvgIpc) is 2.43. The van der Waals surface area contributed by atoms with Crippen LogP contribution in [0.4, 0.5) is 0 Å². The third-order valence-electron chi connectivity index (χ3n) is 4.53. The maximum Gasteiger partial charge on any atom is 0.222 e. The number of unbranched alkanes of at least 4 members (excludes halogenated alkanes) is 8. The average molecular weight is 297 g/mol. The first kappa shape index (κ1) is 18.5. The molecule has 0 atom stereocenters. The van der Waals surface area contributed by atoms with E-state index in [0.29, 0.717) is 19.5 Å². The second-order valence-corrected chi connectivity index (χ2v) is 6.80. The Morgan fingerprint density at radius 1 is 0.905 bits per heavy atom. The van der Waals surface area contributed by atoms with Crippen LogP contribution in [0.5, 0.6) is 0 Å². The third kappa shape index (κ3) is 7.30. The summed E-state index contributed by atoms with van der Waals surface area (Å²) in [5.74, 6) is 0.235. The van der Waals surface area contributed by atoms with Crippen LogP contribution in [0.3, 0.4) is 0 Å². The lowest BCUT2D eigenvalue weighted by Gasteiger charge is -2.46. The Balaban J connectivity index is 1.91. The summed E-state index contributed by atoms with van der Waals surface area (Å²) in [6, 6.07) is 0. The number of β-amino-alcohol motifs (C(OH)–C–C–N with tert-alkyl or cyclic N) is 1. The van der Waals surface area contributed by atoms with Crippen molar-refractivity contribution in [3.05, 3.63) is 0 Å². The van der Waals surface area contributed by atoms with Crippen LogP contribution in [0.15, 0.2) is 0 Å². The summed E-state index contributed by atoms with van der Waals surface area (Å²) in [5.41, 5.74) is -0.580. The summed E-state index contributed by atoms with van der Waals surface area (Å²) in [6.07, 6.45) is 14.0. The summed E-state index contributed by atoms with van der Waals surface area (Å²) >= 11 is 0. The largest absolute Gasteiger partial charge is 0.386 e. The SMILES string of the molecule is CCCCCCCCCCCC(=O)N1CC(O)(CCC)C1. The van der Waals surface area contributed by atoms with E-state index in [-0.39, 0.29) is 5.91 Å². The van der Waals surface area contributed by atoms with Crippen molar-refractivity contribution in [1.29, 1.82) is 0 Å². The molecule has 1 heterocycles. The Morgan fingerprint density at radius 2 is 1.43 bits per heavy atom. The van der Waals surface area contributed by atoms with Gasteiger partial charge in [0.2, 0.25) is 5.91 Å². The predicted molar refractivity (Wildman–Crippen MR) is 88.3 cm³/mol. The fourth-order valence-corrected chi connectivity index (χ4v) is 3.21. The van der Waals surface area contributed by atoms with Crippen molar-refractivity contribution in [2.45, 2.75) is 96.5 Å². The summed E-state index contributed by atoms with van der Waals surface area (Å²) < 4.78 is 0. The number of aliphatic hydroxyl groups is 1. The van der Waals surface area contributed by atoms with Crippen LogP contribution in [0.2, 0.25) is 0 Å². The van der Waals surface area contributed by atoms with E-state index in [1.54, 1.807) is 0 Å². The third-order valence-corrected chi connectivity index (χ3v) is 4.53. The summed E-state index contributed by atoms with van der Waals surface area (Å²) in [4.78, 5) is 13.8.